The van der Waals surface area contributed by atoms with Gasteiger partial charge in [-0.1, -0.05) is 206 Å². The summed E-state index contributed by atoms with van der Waals surface area (Å²) in [5, 5.41) is 8.89. The van der Waals surface area contributed by atoms with Crippen molar-refractivity contribution in [1.82, 2.24) is 5.06 Å². The number of rotatable bonds is 34. The maximum atomic E-state index is 7.89. The summed E-state index contributed by atoms with van der Waals surface area (Å²) in [5.74, 6) is 0. The molecule has 0 spiro atoms. The SMILES string of the molecule is CCCCCCCCCCCCCCCCCCOCCCCCCCCCCCCCCCCCC.CN(C)O. The van der Waals surface area contributed by atoms with Crippen molar-refractivity contribution in [1.29, 1.82) is 0 Å². The molecule has 0 bridgehead atoms. The van der Waals surface area contributed by atoms with E-state index in [4.69, 9.17) is 9.94 Å². The summed E-state index contributed by atoms with van der Waals surface area (Å²) in [5.41, 5.74) is 0. The van der Waals surface area contributed by atoms with Crippen molar-refractivity contribution in [3.8, 4) is 0 Å². The van der Waals surface area contributed by atoms with Crippen molar-refractivity contribution in [3.05, 3.63) is 0 Å². The van der Waals surface area contributed by atoms with Crippen LogP contribution in [0.15, 0.2) is 0 Å². The lowest BCUT2D eigenvalue weighted by atomic mass is 10.0. The number of unbranched alkanes of at least 4 members (excludes halogenated alkanes) is 30. The first kappa shape index (κ1) is 43.0. The summed E-state index contributed by atoms with van der Waals surface area (Å²) in [6.45, 7) is 6.60. The zero-order chi connectivity index (χ0) is 30.3. The van der Waals surface area contributed by atoms with Crippen molar-refractivity contribution in [2.45, 2.75) is 219 Å². The minimum Gasteiger partial charge on any atom is -0.381 e. The summed E-state index contributed by atoms with van der Waals surface area (Å²) < 4.78 is 5.87. The average molecular weight is 584 g/mol. The van der Waals surface area contributed by atoms with Crippen molar-refractivity contribution >= 4 is 0 Å². The van der Waals surface area contributed by atoms with E-state index in [0.717, 1.165) is 18.3 Å². The summed E-state index contributed by atoms with van der Waals surface area (Å²) in [7, 11) is 3.11. The van der Waals surface area contributed by atoms with Gasteiger partial charge in [-0.2, -0.15) is 5.06 Å². The highest BCUT2D eigenvalue weighted by Crippen LogP contribution is 2.15. The molecular formula is C38H81NO2. The molecule has 0 aliphatic carbocycles. The highest BCUT2D eigenvalue weighted by molar-refractivity contribution is 4.52. The molecule has 0 fully saturated rings. The van der Waals surface area contributed by atoms with Crippen LogP contribution < -0.4 is 0 Å². The molecular weight excluding hydrogens is 502 g/mol. The van der Waals surface area contributed by atoms with Gasteiger partial charge in [-0.25, -0.2) is 0 Å². The first-order valence-corrected chi connectivity index (χ1v) is 19.1. The third-order valence-corrected chi connectivity index (χ3v) is 8.28. The van der Waals surface area contributed by atoms with E-state index in [0.29, 0.717) is 0 Å². The summed E-state index contributed by atoms with van der Waals surface area (Å²) in [4.78, 5) is 0. The van der Waals surface area contributed by atoms with Crippen molar-refractivity contribution < 1.29 is 9.94 Å². The van der Waals surface area contributed by atoms with Gasteiger partial charge < -0.3 is 9.94 Å². The maximum absolute atomic E-state index is 7.89. The Labute approximate surface area is 261 Å². The number of nitrogens with zero attached hydrogens (tertiary/aromatic N) is 1. The normalized spacial score (nSPS) is 11.3. The summed E-state index contributed by atoms with van der Waals surface area (Å²) in [6.07, 6.45) is 46.0. The Morgan fingerprint density at radius 2 is 0.463 bits per heavy atom. The molecule has 0 aliphatic rings. The molecule has 250 valence electrons. The van der Waals surface area contributed by atoms with Crippen LogP contribution in [0.25, 0.3) is 0 Å². The predicted molar refractivity (Wildman–Crippen MR) is 185 cm³/mol. The van der Waals surface area contributed by atoms with E-state index in [-0.39, 0.29) is 0 Å². The van der Waals surface area contributed by atoms with Gasteiger partial charge in [0.25, 0.3) is 0 Å². The minimum atomic E-state index is 0.997. The quantitative estimate of drug-likeness (QED) is 0.0604. The Bertz CT molecular complexity index is 378. The highest BCUT2D eigenvalue weighted by Gasteiger charge is 1.97. The molecule has 0 saturated heterocycles. The first-order chi connectivity index (χ1) is 20.1. The second kappa shape index (κ2) is 42.0. The molecule has 3 nitrogen and oxygen atoms in total. The van der Waals surface area contributed by atoms with Crippen LogP contribution in [0, 0.1) is 0 Å². The second-order valence-corrected chi connectivity index (χ2v) is 13.1. The average Bonchev–Trinajstić information content (AvgIpc) is 2.95. The van der Waals surface area contributed by atoms with Crippen LogP contribution >= 0.6 is 0 Å². The van der Waals surface area contributed by atoms with Gasteiger partial charge in [-0.05, 0) is 12.8 Å². The van der Waals surface area contributed by atoms with E-state index in [2.05, 4.69) is 13.8 Å². The third-order valence-electron chi connectivity index (χ3n) is 8.28. The third kappa shape index (κ3) is 49.9. The Balaban J connectivity index is 0. The van der Waals surface area contributed by atoms with Crippen LogP contribution in [-0.4, -0.2) is 37.6 Å². The molecule has 3 heteroatoms. The van der Waals surface area contributed by atoms with Crippen LogP contribution in [0.2, 0.25) is 0 Å². The molecule has 0 atom stereocenters. The molecule has 0 rings (SSSR count). The monoisotopic (exact) mass is 584 g/mol. The predicted octanol–water partition coefficient (Wildman–Crippen LogP) is 13.5. The Hall–Kier alpha value is -0.120. The van der Waals surface area contributed by atoms with Gasteiger partial charge in [0.05, 0.1) is 0 Å². The molecule has 0 amide bonds. The molecule has 0 radical (unpaired) electrons. The van der Waals surface area contributed by atoms with Gasteiger partial charge in [0.2, 0.25) is 0 Å². The Kier molecular flexibility index (Phi) is 44.1. The van der Waals surface area contributed by atoms with E-state index in [1.165, 1.54) is 205 Å². The molecule has 1 N–H and O–H groups in total. The zero-order valence-corrected chi connectivity index (χ0v) is 29.3. The van der Waals surface area contributed by atoms with Crippen LogP contribution in [0.1, 0.15) is 219 Å². The summed E-state index contributed by atoms with van der Waals surface area (Å²) >= 11 is 0. The van der Waals surface area contributed by atoms with Crippen LogP contribution in [0.3, 0.4) is 0 Å². The Morgan fingerprint density at radius 1 is 0.317 bits per heavy atom. The lowest BCUT2D eigenvalue weighted by molar-refractivity contribution is -0.0372. The fourth-order valence-corrected chi connectivity index (χ4v) is 5.61. The van der Waals surface area contributed by atoms with Crippen LogP contribution in [-0.2, 0) is 4.74 Å². The molecule has 41 heavy (non-hydrogen) atoms. The molecule has 0 heterocycles. The van der Waals surface area contributed by atoms with E-state index >= 15 is 0 Å². The number of hydrogen-bond donors (Lipinski definition) is 1. The molecule has 0 aromatic heterocycles. The topological polar surface area (TPSA) is 32.7 Å². The smallest absolute Gasteiger partial charge is 0.0466 e. The number of hydroxylamine groups is 2. The molecule has 0 aromatic carbocycles. The minimum absolute atomic E-state index is 0.997. The van der Waals surface area contributed by atoms with Crippen molar-refractivity contribution in [3.63, 3.8) is 0 Å². The lowest BCUT2D eigenvalue weighted by Crippen LogP contribution is -2.01. The van der Waals surface area contributed by atoms with Crippen molar-refractivity contribution in [2.75, 3.05) is 27.3 Å². The largest absolute Gasteiger partial charge is 0.381 e. The van der Waals surface area contributed by atoms with Crippen molar-refractivity contribution in [2.24, 2.45) is 0 Å². The maximum Gasteiger partial charge on any atom is 0.0466 e. The first-order valence-electron chi connectivity index (χ1n) is 19.1. The van der Waals surface area contributed by atoms with Gasteiger partial charge in [-0.3, -0.25) is 0 Å². The molecule has 0 unspecified atom stereocenters. The number of ether oxygens (including phenoxy) is 1. The standard InChI is InChI=1S/C36H74O.C2H7NO/c1-3-5-7-9-11-13-15-17-19-21-23-25-27-29-31-33-35-37-36-34-32-30-28-26-24-22-20-18-16-14-12-10-8-6-4-2;1-3(2)4/h3-36H2,1-2H3;4H,1-2H3. The van der Waals surface area contributed by atoms with E-state index in [1.54, 1.807) is 14.1 Å². The van der Waals surface area contributed by atoms with E-state index in [9.17, 15) is 0 Å². The lowest BCUT2D eigenvalue weighted by Gasteiger charge is -2.06. The van der Waals surface area contributed by atoms with Gasteiger partial charge in [0.15, 0.2) is 0 Å². The van der Waals surface area contributed by atoms with E-state index < -0.39 is 0 Å². The molecule has 0 aromatic rings. The van der Waals surface area contributed by atoms with Gasteiger partial charge in [0, 0.05) is 27.3 Å². The van der Waals surface area contributed by atoms with E-state index in [1.807, 2.05) is 0 Å². The number of hydrogen-bond acceptors (Lipinski definition) is 3. The zero-order valence-electron chi connectivity index (χ0n) is 29.3. The summed E-state index contributed by atoms with van der Waals surface area (Å²) in [6, 6.07) is 0. The Morgan fingerprint density at radius 3 is 0.634 bits per heavy atom. The molecule has 0 aliphatic heterocycles. The van der Waals surface area contributed by atoms with Gasteiger partial charge in [0.1, 0.15) is 0 Å². The highest BCUT2D eigenvalue weighted by atomic mass is 16.5. The molecule has 0 saturated carbocycles. The second-order valence-electron chi connectivity index (χ2n) is 13.1. The van der Waals surface area contributed by atoms with Gasteiger partial charge in [-0.15, -0.1) is 0 Å². The fourth-order valence-electron chi connectivity index (χ4n) is 5.61. The fraction of sp³-hybridized carbons (Fsp3) is 1.00. The van der Waals surface area contributed by atoms with Gasteiger partial charge >= 0.3 is 0 Å². The van der Waals surface area contributed by atoms with Crippen LogP contribution in [0.4, 0.5) is 0 Å². The van der Waals surface area contributed by atoms with Crippen LogP contribution in [0.5, 0.6) is 0 Å².